The van der Waals surface area contributed by atoms with Crippen LogP contribution in [0, 0.1) is 0 Å². The van der Waals surface area contributed by atoms with Crippen molar-refractivity contribution in [2.45, 2.75) is 193 Å². The average molecular weight is 686 g/mol. The van der Waals surface area contributed by atoms with Crippen LogP contribution in [0.25, 0.3) is 0 Å². The normalized spacial score (nSPS) is 15.9. The molecule has 1 atom stereocenters. The molecule has 0 aliphatic carbocycles. The molecule has 0 bridgehead atoms. The third kappa shape index (κ3) is 29.6. The molecule has 0 aromatic rings. The van der Waals surface area contributed by atoms with Crippen LogP contribution in [0.2, 0.25) is 0 Å². The minimum atomic E-state index is -3.37. The van der Waals surface area contributed by atoms with Gasteiger partial charge in [0.2, 0.25) is 0 Å². The average Bonchev–Trinajstić information content (AvgIpc) is 3.51. The van der Waals surface area contributed by atoms with Gasteiger partial charge in [-0.2, -0.15) is 0 Å². The van der Waals surface area contributed by atoms with Gasteiger partial charge in [0.1, 0.15) is 0 Å². The molecule has 1 fully saturated rings. The fourth-order valence-electron chi connectivity index (χ4n) is 5.85. The quantitative estimate of drug-likeness (QED) is 0.0226. The Bertz CT molecular complexity index is 743. The molecule has 7 nitrogen and oxygen atoms in total. The number of esters is 1. The minimum Gasteiger partial charge on any atom is -0.0654 e. The van der Waals surface area contributed by atoms with Crippen molar-refractivity contribution in [3.63, 3.8) is 0 Å². The number of nitrogens with one attached hydrogen (secondary N) is 1. The molecule has 1 aliphatic rings. The number of rotatable bonds is 35. The van der Waals surface area contributed by atoms with E-state index >= 15 is 0 Å². The van der Waals surface area contributed by atoms with Crippen molar-refractivity contribution in [2.24, 2.45) is 0 Å². The van der Waals surface area contributed by atoms with Crippen molar-refractivity contribution in [1.29, 1.82) is 0 Å². The zero-order valence-electron chi connectivity index (χ0n) is 30.8. The molecule has 0 aromatic carbocycles. The molecular weight excluding hydrogens is 609 g/mol. The molecule has 1 rings (SSSR count). The molecule has 47 heavy (non-hydrogen) atoms. The molecule has 0 radical (unpaired) electrons. The zero-order valence-corrected chi connectivity index (χ0v) is 31.8. The van der Waals surface area contributed by atoms with E-state index in [9.17, 15) is 9.69 Å². The topological polar surface area (TPSA) is 86.2 Å². The SMILES string of the molecule is CCCCCCCC/C=C\CCCCCC/C=C\OCC(CO[PH]1(O)NCCO1)OC(=O)CCCCCCCCCCCCCCC. The summed E-state index contributed by atoms with van der Waals surface area (Å²) in [6.45, 7) is 5.74. The van der Waals surface area contributed by atoms with E-state index < -0.39 is 14.2 Å². The van der Waals surface area contributed by atoms with Gasteiger partial charge in [-0.05, 0) is 19.3 Å². The summed E-state index contributed by atoms with van der Waals surface area (Å²) in [7, 11) is -3.37. The van der Waals surface area contributed by atoms with Crippen LogP contribution in [-0.2, 0) is 23.3 Å². The van der Waals surface area contributed by atoms with E-state index in [0.29, 0.717) is 19.6 Å². The van der Waals surface area contributed by atoms with Crippen LogP contribution < -0.4 is 5.09 Å². The van der Waals surface area contributed by atoms with Gasteiger partial charge in [0.05, 0.1) is 0 Å². The molecule has 1 saturated heterocycles. The second kappa shape index (κ2) is 33.5. The molecule has 2 N–H and O–H groups in total. The Morgan fingerprint density at radius 3 is 1.64 bits per heavy atom. The second-order valence-electron chi connectivity index (χ2n) is 13.5. The predicted octanol–water partition coefficient (Wildman–Crippen LogP) is 11.6. The zero-order chi connectivity index (χ0) is 33.9. The summed E-state index contributed by atoms with van der Waals surface area (Å²) < 4.78 is 22.4. The smallest absolute Gasteiger partial charge is 0.0654 e. The Kier molecular flexibility index (Phi) is 31.4. The van der Waals surface area contributed by atoms with Gasteiger partial charge >= 0.3 is 169 Å². The first-order valence-corrected chi connectivity index (χ1v) is 21.7. The first kappa shape index (κ1) is 44.0. The molecule has 278 valence electrons. The van der Waals surface area contributed by atoms with Crippen molar-refractivity contribution in [2.75, 3.05) is 26.4 Å². The first-order valence-electron chi connectivity index (χ1n) is 20.0. The Morgan fingerprint density at radius 1 is 0.681 bits per heavy atom. The van der Waals surface area contributed by atoms with E-state index in [1.807, 2.05) is 6.08 Å². The molecule has 1 unspecified atom stereocenters. The third-order valence-electron chi connectivity index (χ3n) is 8.85. The van der Waals surface area contributed by atoms with Gasteiger partial charge in [-0.15, -0.1) is 0 Å². The molecule has 1 heterocycles. The van der Waals surface area contributed by atoms with Gasteiger partial charge in [-0.3, -0.25) is 0 Å². The summed E-state index contributed by atoms with van der Waals surface area (Å²) >= 11 is 0. The monoisotopic (exact) mass is 686 g/mol. The van der Waals surface area contributed by atoms with Gasteiger partial charge in [0.25, 0.3) is 0 Å². The predicted molar refractivity (Wildman–Crippen MR) is 201 cm³/mol. The summed E-state index contributed by atoms with van der Waals surface area (Å²) in [4.78, 5) is 23.0. The molecule has 0 aromatic heterocycles. The third-order valence-corrected chi connectivity index (χ3v) is 10.7. The van der Waals surface area contributed by atoms with Gasteiger partial charge < -0.3 is 0 Å². The number of unbranched alkanes of at least 4 members (excludes halogenated alkanes) is 23. The Balaban J connectivity index is 2.12. The van der Waals surface area contributed by atoms with Crippen LogP contribution in [0.3, 0.4) is 0 Å². The number of ether oxygens (including phenoxy) is 2. The van der Waals surface area contributed by atoms with Crippen molar-refractivity contribution < 1.29 is 28.2 Å². The van der Waals surface area contributed by atoms with Gasteiger partial charge in [-0.25, -0.2) is 0 Å². The van der Waals surface area contributed by atoms with Crippen LogP contribution in [0.5, 0.6) is 0 Å². The molecule has 1 aliphatic heterocycles. The van der Waals surface area contributed by atoms with Crippen molar-refractivity contribution >= 4 is 14.1 Å². The van der Waals surface area contributed by atoms with E-state index in [1.54, 1.807) is 6.26 Å². The summed E-state index contributed by atoms with van der Waals surface area (Å²) in [5.41, 5.74) is 0. The van der Waals surface area contributed by atoms with Crippen LogP contribution in [0.15, 0.2) is 24.5 Å². The molecular formula is C39H76NO6P. The summed E-state index contributed by atoms with van der Waals surface area (Å²) in [6.07, 6.45) is 41.3. The number of hydrogen-bond acceptors (Lipinski definition) is 7. The van der Waals surface area contributed by atoms with E-state index in [-0.39, 0.29) is 19.2 Å². The Hall–Kier alpha value is -0.980. The van der Waals surface area contributed by atoms with E-state index in [1.165, 1.54) is 141 Å². The summed E-state index contributed by atoms with van der Waals surface area (Å²) in [5.74, 6) is -0.236. The standard InChI is InChI=1S/C39H76NO6P/c1-3-5-7-9-11-13-15-17-18-19-21-23-25-27-29-31-34-43-36-38(37-45-47(42)40-33-35-44-47)46-39(41)32-30-28-26-24-22-20-16-14-12-10-8-6-4-2/h17-18,31,34,38,40,42,47H,3-16,19-30,32-33,35-37H2,1-2H3/b18-17-,34-31-. The van der Waals surface area contributed by atoms with E-state index in [2.05, 4.69) is 31.1 Å². The number of hydrogen-bond donors (Lipinski definition) is 2. The molecule has 0 saturated carbocycles. The molecule has 0 spiro atoms. The molecule has 8 heteroatoms. The molecule has 0 amide bonds. The number of allylic oxidation sites excluding steroid dienone is 3. The van der Waals surface area contributed by atoms with Crippen LogP contribution in [-0.4, -0.2) is 43.3 Å². The number of carbonyl (C=O) groups excluding carboxylic acids is 1. The van der Waals surface area contributed by atoms with E-state index in [4.69, 9.17) is 18.5 Å². The summed E-state index contributed by atoms with van der Waals surface area (Å²) in [6, 6.07) is 0. The maximum absolute atomic E-state index is 12.6. The van der Waals surface area contributed by atoms with Gasteiger partial charge in [-0.1, -0.05) is 103 Å². The van der Waals surface area contributed by atoms with Crippen molar-refractivity contribution in [3.05, 3.63) is 24.5 Å². The van der Waals surface area contributed by atoms with Crippen LogP contribution in [0.1, 0.15) is 187 Å². The Morgan fingerprint density at radius 2 is 1.15 bits per heavy atom. The van der Waals surface area contributed by atoms with Crippen LogP contribution >= 0.6 is 8.09 Å². The minimum absolute atomic E-state index is 0.0430. The van der Waals surface area contributed by atoms with Crippen molar-refractivity contribution in [3.8, 4) is 0 Å². The van der Waals surface area contributed by atoms with Crippen LogP contribution in [0.4, 0.5) is 0 Å². The second-order valence-corrected chi connectivity index (χ2v) is 15.6. The first-order chi connectivity index (χ1) is 23.1. The van der Waals surface area contributed by atoms with Crippen molar-refractivity contribution in [1.82, 2.24) is 5.09 Å². The van der Waals surface area contributed by atoms with E-state index in [0.717, 1.165) is 25.7 Å². The summed E-state index contributed by atoms with van der Waals surface area (Å²) in [5, 5.41) is 2.90. The maximum atomic E-state index is 12.6. The fraction of sp³-hybridized carbons (Fsp3) is 0.872. The Labute approximate surface area is 291 Å². The van der Waals surface area contributed by atoms with Gasteiger partial charge in [0.15, 0.2) is 0 Å². The fourth-order valence-corrected chi connectivity index (χ4v) is 7.35. The number of carbonyl (C=O) groups is 1. The van der Waals surface area contributed by atoms with Gasteiger partial charge in [0, 0.05) is 0 Å².